The van der Waals surface area contributed by atoms with Crippen molar-refractivity contribution in [1.82, 2.24) is 10.2 Å². The van der Waals surface area contributed by atoms with Crippen molar-refractivity contribution in [1.29, 1.82) is 0 Å². The van der Waals surface area contributed by atoms with E-state index in [1.165, 1.54) is 23.7 Å². The standard InChI is InChI=1S/C17H15ClN4O4S2/c1-2-26-12-5-3-11(4-6-12)22-28(24,25)13-7-8-15(18)14(9-13)16(23)20-17-21-19-10-27-17/h3-10,22H,2H2,1H3,(H,20,21,23). The van der Waals surface area contributed by atoms with Crippen molar-refractivity contribution in [2.45, 2.75) is 11.8 Å². The number of rotatable bonds is 7. The number of carbonyl (C=O) groups is 1. The number of hydrogen-bond donors (Lipinski definition) is 2. The van der Waals surface area contributed by atoms with E-state index >= 15 is 0 Å². The number of hydrogen-bond acceptors (Lipinski definition) is 7. The molecular formula is C17H15ClN4O4S2. The molecule has 28 heavy (non-hydrogen) atoms. The maximum atomic E-state index is 12.7. The predicted molar refractivity (Wildman–Crippen MR) is 108 cm³/mol. The smallest absolute Gasteiger partial charge is 0.261 e. The molecule has 2 aromatic carbocycles. The van der Waals surface area contributed by atoms with Gasteiger partial charge in [-0.1, -0.05) is 22.9 Å². The third-order valence-corrected chi connectivity index (χ3v) is 5.81. The Kier molecular flexibility index (Phi) is 6.12. The van der Waals surface area contributed by atoms with Gasteiger partial charge in [0.25, 0.3) is 15.9 Å². The first-order valence-corrected chi connectivity index (χ1v) is 10.8. The number of ether oxygens (including phenoxy) is 1. The van der Waals surface area contributed by atoms with Crippen LogP contribution in [0.1, 0.15) is 17.3 Å². The minimum Gasteiger partial charge on any atom is -0.494 e. The van der Waals surface area contributed by atoms with Crippen LogP contribution in [0, 0.1) is 0 Å². The van der Waals surface area contributed by atoms with Crippen LogP contribution < -0.4 is 14.8 Å². The summed E-state index contributed by atoms with van der Waals surface area (Å²) in [6.45, 7) is 2.37. The number of anilines is 2. The number of sulfonamides is 1. The van der Waals surface area contributed by atoms with Gasteiger partial charge >= 0.3 is 0 Å². The van der Waals surface area contributed by atoms with Crippen molar-refractivity contribution in [3.05, 3.63) is 58.6 Å². The molecule has 0 unspecified atom stereocenters. The Hall–Kier alpha value is -2.69. The van der Waals surface area contributed by atoms with Gasteiger partial charge < -0.3 is 4.74 Å². The number of halogens is 1. The number of amides is 1. The van der Waals surface area contributed by atoms with Crippen LogP contribution in [0.4, 0.5) is 10.8 Å². The molecular weight excluding hydrogens is 424 g/mol. The minimum atomic E-state index is -3.93. The van der Waals surface area contributed by atoms with E-state index in [0.717, 1.165) is 11.3 Å². The van der Waals surface area contributed by atoms with E-state index < -0.39 is 15.9 Å². The Morgan fingerprint density at radius 2 is 1.96 bits per heavy atom. The highest BCUT2D eigenvalue weighted by molar-refractivity contribution is 7.92. The normalized spacial score (nSPS) is 11.1. The first-order chi connectivity index (χ1) is 13.4. The van der Waals surface area contributed by atoms with Crippen LogP contribution in [0.25, 0.3) is 0 Å². The fourth-order valence-electron chi connectivity index (χ4n) is 2.24. The summed E-state index contributed by atoms with van der Waals surface area (Å²) in [4.78, 5) is 12.3. The zero-order chi connectivity index (χ0) is 20.1. The summed E-state index contributed by atoms with van der Waals surface area (Å²) >= 11 is 7.20. The average Bonchev–Trinajstić information content (AvgIpc) is 3.16. The Morgan fingerprint density at radius 1 is 1.21 bits per heavy atom. The maximum Gasteiger partial charge on any atom is 0.261 e. The minimum absolute atomic E-state index is 0.00596. The fourth-order valence-corrected chi connectivity index (χ4v) is 3.97. The van der Waals surface area contributed by atoms with Crippen molar-refractivity contribution < 1.29 is 17.9 Å². The van der Waals surface area contributed by atoms with E-state index in [1.54, 1.807) is 24.3 Å². The molecule has 0 atom stereocenters. The molecule has 0 saturated heterocycles. The van der Waals surface area contributed by atoms with Gasteiger partial charge in [-0.15, -0.1) is 10.2 Å². The van der Waals surface area contributed by atoms with Crippen LogP contribution in [0.2, 0.25) is 5.02 Å². The second-order valence-corrected chi connectivity index (χ2v) is 8.33. The number of nitrogens with one attached hydrogen (secondary N) is 2. The highest BCUT2D eigenvalue weighted by atomic mass is 35.5. The van der Waals surface area contributed by atoms with Crippen molar-refractivity contribution in [3.8, 4) is 5.75 Å². The van der Waals surface area contributed by atoms with Crippen LogP contribution in [-0.2, 0) is 10.0 Å². The van der Waals surface area contributed by atoms with E-state index in [0.29, 0.717) is 18.0 Å². The first-order valence-electron chi connectivity index (χ1n) is 8.02. The summed E-state index contributed by atoms with van der Waals surface area (Å²) in [6.07, 6.45) is 0. The fraction of sp³-hybridized carbons (Fsp3) is 0.118. The Balaban J connectivity index is 1.82. The third-order valence-electron chi connectivity index (χ3n) is 3.49. The molecule has 2 N–H and O–H groups in total. The predicted octanol–water partition coefficient (Wildman–Crippen LogP) is 3.64. The van der Waals surface area contributed by atoms with Crippen LogP contribution in [-0.4, -0.2) is 31.1 Å². The van der Waals surface area contributed by atoms with Crippen LogP contribution in [0.15, 0.2) is 52.9 Å². The van der Waals surface area contributed by atoms with Gasteiger partial charge in [0.15, 0.2) is 0 Å². The third kappa shape index (κ3) is 4.77. The quantitative estimate of drug-likeness (QED) is 0.582. The molecule has 146 valence electrons. The summed E-state index contributed by atoms with van der Waals surface area (Å²) in [6, 6.07) is 10.4. The lowest BCUT2D eigenvalue weighted by molar-refractivity contribution is 0.102. The molecule has 0 fully saturated rings. The van der Waals surface area contributed by atoms with Crippen LogP contribution in [0.3, 0.4) is 0 Å². The molecule has 11 heteroatoms. The van der Waals surface area contributed by atoms with Gasteiger partial charge in [0.1, 0.15) is 11.3 Å². The molecule has 8 nitrogen and oxygen atoms in total. The Morgan fingerprint density at radius 3 is 2.61 bits per heavy atom. The molecule has 3 rings (SSSR count). The van der Waals surface area contributed by atoms with Gasteiger partial charge in [0.05, 0.1) is 22.1 Å². The molecule has 0 radical (unpaired) electrons. The summed E-state index contributed by atoms with van der Waals surface area (Å²) in [7, 11) is -3.93. The SMILES string of the molecule is CCOc1ccc(NS(=O)(=O)c2ccc(Cl)c(C(=O)Nc3nncs3)c2)cc1. The second kappa shape index (κ2) is 8.55. The molecule has 1 amide bonds. The average molecular weight is 439 g/mol. The topological polar surface area (TPSA) is 110 Å². The number of benzene rings is 2. The van der Waals surface area contributed by atoms with E-state index in [-0.39, 0.29) is 20.6 Å². The molecule has 1 aromatic heterocycles. The van der Waals surface area contributed by atoms with E-state index in [2.05, 4.69) is 20.2 Å². The summed E-state index contributed by atoms with van der Waals surface area (Å²) in [5, 5.41) is 10.2. The molecule has 0 saturated carbocycles. The molecule has 0 aliphatic carbocycles. The van der Waals surface area contributed by atoms with Gasteiger partial charge in [0, 0.05) is 5.69 Å². The molecule has 0 aliphatic rings. The number of carbonyl (C=O) groups excluding carboxylic acids is 1. The van der Waals surface area contributed by atoms with Crippen molar-refractivity contribution in [2.75, 3.05) is 16.6 Å². The van der Waals surface area contributed by atoms with E-state index in [9.17, 15) is 13.2 Å². The molecule has 0 spiro atoms. The lowest BCUT2D eigenvalue weighted by Gasteiger charge is -2.11. The lowest BCUT2D eigenvalue weighted by atomic mass is 10.2. The summed E-state index contributed by atoms with van der Waals surface area (Å²) in [5.74, 6) is 0.0486. The van der Waals surface area contributed by atoms with Gasteiger partial charge in [-0.2, -0.15) is 0 Å². The Labute approximate surface area is 170 Å². The molecule has 1 heterocycles. The molecule has 3 aromatic rings. The monoisotopic (exact) mass is 438 g/mol. The summed E-state index contributed by atoms with van der Waals surface area (Å²) < 4.78 is 33.1. The van der Waals surface area contributed by atoms with Gasteiger partial charge in [0.2, 0.25) is 5.13 Å². The van der Waals surface area contributed by atoms with Crippen LogP contribution in [0.5, 0.6) is 5.75 Å². The van der Waals surface area contributed by atoms with Crippen molar-refractivity contribution in [2.24, 2.45) is 0 Å². The lowest BCUT2D eigenvalue weighted by Crippen LogP contribution is -2.16. The number of aromatic nitrogens is 2. The van der Waals surface area contributed by atoms with Crippen molar-refractivity contribution >= 4 is 49.7 Å². The van der Waals surface area contributed by atoms with Crippen molar-refractivity contribution in [3.63, 3.8) is 0 Å². The first kappa shape index (κ1) is 20.1. The highest BCUT2D eigenvalue weighted by Gasteiger charge is 2.19. The van der Waals surface area contributed by atoms with Gasteiger partial charge in [-0.05, 0) is 49.4 Å². The van der Waals surface area contributed by atoms with E-state index in [4.69, 9.17) is 16.3 Å². The highest BCUT2D eigenvalue weighted by Crippen LogP contribution is 2.24. The largest absolute Gasteiger partial charge is 0.494 e. The number of nitrogens with zero attached hydrogens (tertiary/aromatic N) is 2. The van der Waals surface area contributed by atoms with Gasteiger partial charge in [-0.25, -0.2) is 8.42 Å². The molecule has 0 bridgehead atoms. The summed E-state index contributed by atoms with van der Waals surface area (Å²) in [5.41, 5.74) is 1.82. The molecule has 0 aliphatic heterocycles. The van der Waals surface area contributed by atoms with E-state index in [1.807, 2.05) is 6.92 Å². The maximum absolute atomic E-state index is 12.7. The second-order valence-electron chi connectivity index (χ2n) is 5.40. The zero-order valence-corrected chi connectivity index (χ0v) is 16.9. The van der Waals surface area contributed by atoms with Crippen LogP contribution >= 0.6 is 22.9 Å². The van der Waals surface area contributed by atoms with Gasteiger partial charge in [-0.3, -0.25) is 14.8 Å². The Bertz CT molecular complexity index is 1070. The zero-order valence-electron chi connectivity index (χ0n) is 14.5.